The number of hydrogen-bond donors (Lipinski definition) is 0. The Morgan fingerprint density at radius 1 is 0.833 bits per heavy atom. The normalized spacial score (nSPS) is 11.9. The van der Waals surface area contributed by atoms with Gasteiger partial charge in [0.2, 0.25) is 0 Å². The summed E-state index contributed by atoms with van der Waals surface area (Å²) in [4.78, 5) is 14.1. The van der Waals surface area contributed by atoms with Gasteiger partial charge in [0.05, 0.1) is 5.25 Å². The number of carbonyl (C=O) groups is 1. The smallest absolute Gasteiger partial charge is 0.176 e. The summed E-state index contributed by atoms with van der Waals surface area (Å²) in [6, 6.07) is 27.9. The van der Waals surface area contributed by atoms with Crippen molar-refractivity contribution in [2.75, 3.05) is 0 Å². The standard InChI is InChI=1S/C21H17BrOS/c22-18-13-11-17(12-14-18)21(23)20(15-16-7-3-1-4-8-16)24-19-9-5-2-6-10-19/h1-14,20H,15H2. The maximum atomic E-state index is 13.0. The lowest BCUT2D eigenvalue weighted by molar-refractivity contribution is 0.0989. The molecule has 0 fully saturated rings. The molecule has 1 nitrogen and oxygen atoms in total. The van der Waals surface area contributed by atoms with Gasteiger partial charge in [-0.25, -0.2) is 0 Å². The molecule has 3 aromatic rings. The topological polar surface area (TPSA) is 17.1 Å². The third-order valence-electron chi connectivity index (χ3n) is 3.71. The number of carbonyl (C=O) groups excluding carboxylic acids is 1. The Morgan fingerprint density at radius 3 is 2.04 bits per heavy atom. The van der Waals surface area contributed by atoms with Crippen molar-refractivity contribution in [3.8, 4) is 0 Å². The first-order valence-electron chi connectivity index (χ1n) is 7.78. The number of hydrogen-bond acceptors (Lipinski definition) is 2. The zero-order valence-corrected chi connectivity index (χ0v) is 15.5. The molecule has 0 radical (unpaired) electrons. The van der Waals surface area contributed by atoms with Crippen LogP contribution in [0.3, 0.4) is 0 Å². The summed E-state index contributed by atoms with van der Waals surface area (Å²) in [7, 11) is 0. The highest BCUT2D eigenvalue weighted by Gasteiger charge is 2.22. The third kappa shape index (κ3) is 4.59. The second kappa shape index (κ2) is 8.32. The molecule has 0 amide bonds. The minimum absolute atomic E-state index is 0.143. The SMILES string of the molecule is O=C(c1ccc(Br)cc1)C(Cc1ccccc1)Sc1ccccc1. The molecule has 120 valence electrons. The number of Topliss-reactive ketones (excluding diaryl/α,β-unsaturated/α-hetero) is 1. The van der Waals surface area contributed by atoms with E-state index in [0.29, 0.717) is 0 Å². The zero-order chi connectivity index (χ0) is 16.8. The number of halogens is 1. The first-order valence-corrected chi connectivity index (χ1v) is 9.45. The Kier molecular flexibility index (Phi) is 5.89. The van der Waals surface area contributed by atoms with Crippen molar-refractivity contribution in [2.45, 2.75) is 16.6 Å². The van der Waals surface area contributed by atoms with E-state index in [4.69, 9.17) is 0 Å². The van der Waals surface area contributed by atoms with Crippen molar-refractivity contribution in [3.63, 3.8) is 0 Å². The Labute approximate surface area is 155 Å². The lowest BCUT2D eigenvalue weighted by atomic mass is 10.0. The predicted molar refractivity (Wildman–Crippen MR) is 105 cm³/mol. The van der Waals surface area contributed by atoms with Gasteiger partial charge >= 0.3 is 0 Å². The molecule has 0 heterocycles. The first kappa shape index (κ1) is 17.0. The van der Waals surface area contributed by atoms with Gasteiger partial charge in [-0.1, -0.05) is 76.6 Å². The summed E-state index contributed by atoms with van der Waals surface area (Å²) in [5, 5.41) is -0.143. The van der Waals surface area contributed by atoms with Crippen LogP contribution in [0.5, 0.6) is 0 Å². The van der Waals surface area contributed by atoms with Crippen LogP contribution in [-0.4, -0.2) is 11.0 Å². The molecule has 1 atom stereocenters. The van der Waals surface area contributed by atoms with Crippen LogP contribution in [-0.2, 0) is 6.42 Å². The highest BCUT2D eigenvalue weighted by atomic mass is 79.9. The molecule has 0 saturated heterocycles. The fraction of sp³-hybridized carbons (Fsp3) is 0.0952. The van der Waals surface area contributed by atoms with E-state index in [2.05, 4.69) is 40.2 Å². The zero-order valence-electron chi connectivity index (χ0n) is 13.1. The molecule has 24 heavy (non-hydrogen) atoms. The van der Waals surface area contributed by atoms with Crippen molar-refractivity contribution < 1.29 is 4.79 Å². The summed E-state index contributed by atoms with van der Waals surface area (Å²) in [6.45, 7) is 0. The Balaban J connectivity index is 1.85. The van der Waals surface area contributed by atoms with Crippen LogP contribution in [0, 0.1) is 0 Å². The first-order chi connectivity index (χ1) is 11.7. The monoisotopic (exact) mass is 396 g/mol. The maximum Gasteiger partial charge on any atom is 0.176 e. The van der Waals surface area contributed by atoms with Crippen molar-refractivity contribution >= 4 is 33.5 Å². The van der Waals surface area contributed by atoms with Crippen LogP contribution < -0.4 is 0 Å². The molecule has 0 saturated carbocycles. The van der Waals surface area contributed by atoms with E-state index in [9.17, 15) is 4.79 Å². The van der Waals surface area contributed by atoms with Crippen LogP contribution in [0.1, 0.15) is 15.9 Å². The van der Waals surface area contributed by atoms with Crippen LogP contribution in [0.4, 0.5) is 0 Å². The molecule has 0 N–H and O–H groups in total. The Hall–Kier alpha value is -1.84. The third-order valence-corrected chi connectivity index (χ3v) is 5.44. The van der Waals surface area contributed by atoms with Gasteiger partial charge in [-0.05, 0) is 36.2 Å². The van der Waals surface area contributed by atoms with E-state index in [1.165, 1.54) is 5.56 Å². The average Bonchev–Trinajstić information content (AvgIpc) is 2.63. The Bertz CT molecular complexity index is 744. The summed E-state index contributed by atoms with van der Waals surface area (Å²) in [6.07, 6.45) is 0.718. The molecular formula is C21H17BrOS. The molecule has 3 aromatic carbocycles. The average molecular weight is 397 g/mol. The summed E-state index contributed by atoms with van der Waals surface area (Å²) < 4.78 is 0.981. The van der Waals surface area contributed by atoms with Gasteiger partial charge in [-0.15, -0.1) is 11.8 Å². The van der Waals surface area contributed by atoms with Gasteiger partial charge < -0.3 is 0 Å². The van der Waals surface area contributed by atoms with Gasteiger partial charge in [0.1, 0.15) is 0 Å². The molecule has 0 spiro atoms. The van der Waals surface area contributed by atoms with Crippen LogP contribution in [0.25, 0.3) is 0 Å². The molecular weight excluding hydrogens is 380 g/mol. The molecule has 0 aliphatic heterocycles. The van der Waals surface area contributed by atoms with E-state index >= 15 is 0 Å². The van der Waals surface area contributed by atoms with Crippen molar-refractivity contribution in [1.29, 1.82) is 0 Å². The fourth-order valence-electron chi connectivity index (χ4n) is 2.48. The van der Waals surface area contributed by atoms with Gasteiger partial charge in [-0.3, -0.25) is 4.79 Å². The lowest BCUT2D eigenvalue weighted by Crippen LogP contribution is -2.20. The summed E-state index contributed by atoms with van der Waals surface area (Å²) in [5.41, 5.74) is 1.93. The van der Waals surface area contributed by atoms with Crippen LogP contribution in [0.2, 0.25) is 0 Å². The van der Waals surface area contributed by atoms with E-state index in [0.717, 1.165) is 21.4 Å². The number of thioether (sulfide) groups is 1. The second-order valence-electron chi connectivity index (χ2n) is 5.48. The summed E-state index contributed by atoms with van der Waals surface area (Å²) >= 11 is 5.05. The number of rotatable bonds is 6. The van der Waals surface area contributed by atoms with Crippen molar-refractivity contribution in [1.82, 2.24) is 0 Å². The highest BCUT2D eigenvalue weighted by molar-refractivity contribution is 9.10. The lowest BCUT2D eigenvalue weighted by Gasteiger charge is -2.16. The summed E-state index contributed by atoms with van der Waals surface area (Å²) in [5.74, 6) is 0.167. The van der Waals surface area contributed by atoms with Crippen LogP contribution >= 0.6 is 27.7 Å². The van der Waals surface area contributed by atoms with Crippen LogP contribution in [0.15, 0.2) is 94.3 Å². The van der Waals surface area contributed by atoms with Crippen molar-refractivity contribution in [2.24, 2.45) is 0 Å². The number of ketones is 1. The molecule has 0 aliphatic rings. The second-order valence-corrected chi connectivity index (χ2v) is 7.67. The van der Waals surface area contributed by atoms with E-state index in [-0.39, 0.29) is 11.0 Å². The van der Waals surface area contributed by atoms with Gasteiger partial charge in [0.15, 0.2) is 5.78 Å². The van der Waals surface area contributed by atoms with Gasteiger partial charge in [0.25, 0.3) is 0 Å². The van der Waals surface area contributed by atoms with Gasteiger partial charge in [-0.2, -0.15) is 0 Å². The molecule has 3 heteroatoms. The Morgan fingerprint density at radius 2 is 1.42 bits per heavy atom. The molecule has 1 unspecified atom stereocenters. The predicted octanol–water partition coefficient (Wildman–Crippen LogP) is 6.04. The minimum atomic E-state index is -0.143. The molecule has 0 bridgehead atoms. The van der Waals surface area contributed by atoms with E-state index in [1.807, 2.05) is 60.7 Å². The van der Waals surface area contributed by atoms with Gasteiger partial charge in [0, 0.05) is 14.9 Å². The maximum absolute atomic E-state index is 13.0. The minimum Gasteiger partial charge on any atom is -0.293 e. The highest BCUT2D eigenvalue weighted by Crippen LogP contribution is 2.28. The van der Waals surface area contributed by atoms with Crippen molar-refractivity contribution in [3.05, 3.63) is 101 Å². The quantitative estimate of drug-likeness (QED) is 0.373. The molecule has 0 aromatic heterocycles. The van der Waals surface area contributed by atoms with E-state index < -0.39 is 0 Å². The van der Waals surface area contributed by atoms with E-state index in [1.54, 1.807) is 11.8 Å². The molecule has 3 rings (SSSR count). The number of benzene rings is 3. The molecule has 0 aliphatic carbocycles. The largest absolute Gasteiger partial charge is 0.293 e. The fourth-order valence-corrected chi connectivity index (χ4v) is 3.91.